The van der Waals surface area contributed by atoms with E-state index in [0.717, 1.165) is 19.3 Å². The molecule has 0 aromatic rings. The van der Waals surface area contributed by atoms with Crippen molar-refractivity contribution in [2.75, 3.05) is 12.4 Å². The van der Waals surface area contributed by atoms with Crippen LogP contribution in [0.3, 0.4) is 0 Å². The largest absolute Gasteiger partial charge is 0.270 e. The van der Waals surface area contributed by atoms with Gasteiger partial charge in [-0.2, -0.15) is 8.42 Å². The second-order valence-electron chi connectivity index (χ2n) is 4.50. The normalized spacial score (nSPS) is 11.9. The Morgan fingerprint density at radius 3 is 1.71 bits per heavy atom. The van der Waals surface area contributed by atoms with E-state index in [1.54, 1.807) is 6.92 Å². The monoisotopic (exact) mass is 264 g/mol. The zero-order valence-corrected chi connectivity index (χ0v) is 12.2. The molecule has 17 heavy (non-hydrogen) atoms. The molecule has 0 atom stereocenters. The summed E-state index contributed by atoms with van der Waals surface area (Å²) in [6, 6.07) is 0. The molecule has 0 bridgehead atoms. The Bertz CT molecular complexity index is 247. The molecule has 0 saturated heterocycles. The molecule has 0 aliphatic carbocycles. The van der Waals surface area contributed by atoms with E-state index in [2.05, 4.69) is 11.1 Å². The average molecular weight is 264 g/mol. The highest BCUT2D eigenvalue weighted by atomic mass is 32.2. The molecule has 0 fully saturated rings. The first-order valence-electron chi connectivity index (χ1n) is 6.99. The minimum Gasteiger partial charge on any atom is -0.270 e. The zero-order valence-electron chi connectivity index (χ0n) is 11.4. The maximum atomic E-state index is 11.2. The van der Waals surface area contributed by atoms with Crippen molar-refractivity contribution in [3.8, 4) is 0 Å². The molecule has 0 rings (SSSR count). The molecular weight excluding hydrogens is 236 g/mol. The highest BCUT2D eigenvalue weighted by molar-refractivity contribution is 7.86. The van der Waals surface area contributed by atoms with Gasteiger partial charge in [0.1, 0.15) is 0 Å². The van der Waals surface area contributed by atoms with Crippen LogP contribution in [0.1, 0.15) is 71.6 Å². The van der Waals surface area contributed by atoms with Gasteiger partial charge >= 0.3 is 0 Å². The van der Waals surface area contributed by atoms with Gasteiger partial charge in [0.15, 0.2) is 0 Å². The standard InChI is InChI=1S/C13H28O3S/c1-3-5-6-7-8-9-10-11-12-13-17(14,15)16-4-2/h3-13H2,1-2H3. The molecule has 0 heterocycles. The molecule has 0 N–H and O–H groups in total. The van der Waals surface area contributed by atoms with Crippen LogP contribution in [0.15, 0.2) is 0 Å². The van der Waals surface area contributed by atoms with Crippen molar-refractivity contribution in [3.63, 3.8) is 0 Å². The summed E-state index contributed by atoms with van der Waals surface area (Å²) >= 11 is 0. The molecule has 0 radical (unpaired) electrons. The number of hydrogen-bond donors (Lipinski definition) is 0. The van der Waals surface area contributed by atoms with E-state index in [4.69, 9.17) is 0 Å². The number of hydrogen-bond acceptors (Lipinski definition) is 3. The Hall–Kier alpha value is -0.0900. The van der Waals surface area contributed by atoms with Gasteiger partial charge in [-0.05, 0) is 13.3 Å². The lowest BCUT2D eigenvalue weighted by molar-refractivity contribution is 0.337. The number of unbranched alkanes of at least 4 members (excludes halogenated alkanes) is 8. The van der Waals surface area contributed by atoms with Crippen LogP contribution in [0.2, 0.25) is 0 Å². The van der Waals surface area contributed by atoms with Gasteiger partial charge in [-0.25, -0.2) is 0 Å². The van der Waals surface area contributed by atoms with Gasteiger partial charge in [-0.3, -0.25) is 4.18 Å². The fraction of sp³-hybridized carbons (Fsp3) is 1.00. The molecule has 4 heteroatoms. The Balaban J connectivity index is 3.24. The molecule has 0 aliphatic heterocycles. The van der Waals surface area contributed by atoms with Gasteiger partial charge in [0, 0.05) is 0 Å². The van der Waals surface area contributed by atoms with Crippen LogP contribution >= 0.6 is 0 Å². The summed E-state index contributed by atoms with van der Waals surface area (Å²) in [6.45, 7) is 4.17. The van der Waals surface area contributed by atoms with Crippen molar-refractivity contribution >= 4 is 10.1 Å². The SMILES string of the molecule is CCCCCCCCCCCS(=O)(=O)OCC. The van der Waals surface area contributed by atoms with Gasteiger partial charge in [0.2, 0.25) is 0 Å². The maximum Gasteiger partial charge on any atom is 0.267 e. The maximum absolute atomic E-state index is 11.2. The fourth-order valence-electron chi connectivity index (χ4n) is 1.83. The van der Waals surface area contributed by atoms with Crippen molar-refractivity contribution in [2.24, 2.45) is 0 Å². The zero-order chi connectivity index (χ0) is 13.0. The third-order valence-corrected chi connectivity index (χ3v) is 4.18. The number of rotatable bonds is 12. The summed E-state index contributed by atoms with van der Waals surface area (Å²) in [5.41, 5.74) is 0. The second-order valence-corrected chi connectivity index (χ2v) is 6.26. The van der Waals surface area contributed by atoms with Gasteiger partial charge in [-0.1, -0.05) is 58.3 Å². The lowest BCUT2D eigenvalue weighted by atomic mass is 10.1. The first-order valence-corrected chi connectivity index (χ1v) is 8.57. The van der Waals surface area contributed by atoms with Crippen LogP contribution < -0.4 is 0 Å². The first-order chi connectivity index (χ1) is 8.12. The molecule has 104 valence electrons. The van der Waals surface area contributed by atoms with E-state index < -0.39 is 10.1 Å². The minimum atomic E-state index is -3.24. The van der Waals surface area contributed by atoms with Crippen molar-refractivity contribution in [3.05, 3.63) is 0 Å². The first kappa shape index (κ1) is 16.9. The van der Waals surface area contributed by atoms with Crippen molar-refractivity contribution in [1.82, 2.24) is 0 Å². The predicted octanol–water partition coefficient (Wildman–Crippen LogP) is 3.88. The Morgan fingerprint density at radius 2 is 1.24 bits per heavy atom. The lowest BCUT2D eigenvalue weighted by Gasteiger charge is -2.03. The quantitative estimate of drug-likeness (QED) is 0.397. The third-order valence-electron chi connectivity index (χ3n) is 2.80. The van der Waals surface area contributed by atoms with Gasteiger partial charge in [-0.15, -0.1) is 0 Å². The van der Waals surface area contributed by atoms with Gasteiger partial charge in [0.05, 0.1) is 12.4 Å². The summed E-state index contributed by atoms with van der Waals surface area (Å²) in [5, 5.41) is 0. The van der Waals surface area contributed by atoms with Crippen molar-refractivity contribution in [2.45, 2.75) is 71.6 Å². The summed E-state index contributed by atoms with van der Waals surface area (Å²) in [5.74, 6) is 0.177. The molecule has 0 spiro atoms. The molecule has 3 nitrogen and oxygen atoms in total. The van der Waals surface area contributed by atoms with Crippen LogP contribution in [0, 0.1) is 0 Å². The van der Waals surface area contributed by atoms with Crippen LogP contribution in [-0.2, 0) is 14.3 Å². The highest BCUT2D eigenvalue weighted by Gasteiger charge is 2.08. The summed E-state index contributed by atoms with van der Waals surface area (Å²) < 4.78 is 27.1. The van der Waals surface area contributed by atoms with Crippen LogP contribution in [0.5, 0.6) is 0 Å². The van der Waals surface area contributed by atoms with E-state index in [0.29, 0.717) is 0 Å². The molecule has 0 aromatic carbocycles. The summed E-state index contributed by atoms with van der Waals surface area (Å²) in [6.07, 6.45) is 10.7. The van der Waals surface area contributed by atoms with Gasteiger partial charge in [0.25, 0.3) is 10.1 Å². The Morgan fingerprint density at radius 1 is 0.765 bits per heavy atom. The second kappa shape index (κ2) is 11.0. The summed E-state index contributed by atoms with van der Waals surface area (Å²) in [7, 11) is -3.24. The minimum absolute atomic E-state index is 0.177. The Kier molecular flexibility index (Phi) is 11.0. The fourth-order valence-corrected chi connectivity index (χ4v) is 2.86. The third kappa shape index (κ3) is 12.2. The van der Waals surface area contributed by atoms with Crippen LogP contribution in [0.4, 0.5) is 0 Å². The van der Waals surface area contributed by atoms with E-state index in [1.165, 1.54) is 38.5 Å². The lowest BCUT2D eigenvalue weighted by Crippen LogP contribution is -2.10. The molecule has 0 aliphatic rings. The summed E-state index contributed by atoms with van der Waals surface area (Å²) in [4.78, 5) is 0. The topological polar surface area (TPSA) is 43.4 Å². The van der Waals surface area contributed by atoms with Crippen LogP contribution in [-0.4, -0.2) is 20.8 Å². The van der Waals surface area contributed by atoms with E-state index >= 15 is 0 Å². The molecule has 0 amide bonds. The average Bonchev–Trinajstić information content (AvgIpc) is 2.27. The van der Waals surface area contributed by atoms with Crippen molar-refractivity contribution in [1.29, 1.82) is 0 Å². The van der Waals surface area contributed by atoms with Gasteiger partial charge < -0.3 is 0 Å². The molecule has 0 aromatic heterocycles. The predicted molar refractivity (Wildman–Crippen MR) is 72.6 cm³/mol. The smallest absolute Gasteiger partial charge is 0.267 e. The van der Waals surface area contributed by atoms with Crippen LogP contribution in [0.25, 0.3) is 0 Å². The van der Waals surface area contributed by atoms with E-state index in [-0.39, 0.29) is 12.4 Å². The van der Waals surface area contributed by atoms with Crippen molar-refractivity contribution < 1.29 is 12.6 Å². The molecule has 0 saturated carbocycles. The molecule has 0 unspecified atom stereocenters. The van der Waals surface area contributed by atoms with E-state index in [1.807, 2.05) is 0 Å². The molecular formula is C13H28O3S. The highest BCUT2D eigenvalue weighted by Crippen LogP contribution is 2.10. The Labute approximate surface area is 107 Å². The van der Waals surface area contributed by atoms with E-state index in [9.17, 15) is 8.42 Å².